The SMILES string of the molecule is c1ccc(-c2cc(-c3c(-c4ccc5ccccc5c4)ccc4ccc(-c5ccc6ccccc6c5)cc34)cc(-c3c4ccc(N(c5ccccc5)c5ccccc5)cc4c(-c4ccc5ccccc5c4)c4ccc(N(c5ccccc5)c5ccccc5)cc34)c2)cc1. The van der Waals surface area contributed by atoms with Gasteiger partial charge in [-0.15, -0.1) is 0 Å². The van der Waals surface area contributed by atoms with Gasteiger partial charge in [-0.05, 0) is 247 Å². The Hall–Kier alpha value is -12.1. The Morgan fingerprint density at radius 1 is 0.141 bits per heavy atom. The van der Waals surface area contributed by atoms with Crippen molar-refractivity contribution < 1.29 is 0 Å². The Morgan fingerprint density at radius 2 is 0.489 bits per heavy atom. The van der Waals surface area contributed by atoms with Gasteiger partial charge >= 0.3 is 0 Å². The Morgan fingerprint density at radius 3 is 0.978 bits per heavy atom. The number of fused-ring (bicyclic) bond motifs is 6. The minimum absolute atomic E-state index is 1.06. The smallest absolute Gasteiger partial charge is 0.0468 e. The van der Waals surface area contributed by atoms with E-state index in [4.69, 9.17) is 0 Å². The molecule has 0 aliphatic heterocycles. The van der Waals surface area contributed by atoms with Crippen molar-refractivity contribution in [2.24, 2.45) is 0 Å². The van der Waals surface area contributed by atoms with Gasteiger partial charge in [-0.2, -0.15) is 0 Å². The molecule has 92 heavy (non-hydrogen) atoms. The van der Waals surface area contributed by atoms with E-state index in [9.17, 15) is 0 Å². The molecule has 0 unspecified atom stereocenters. The Labute approximate surface area is 536 Å². The molecular formula is C90H60N2. The molecule has 0 saturated heterocycles. The summed E-state index contributed by atoms with van der Waals surface area (Å²) < 4.78 is 0. The molecule has 0 radical (unpaired) electrons. The highest BCUT2D eigenvalue weighted by molar-refractivity contribution is 6.24. The van der Waals surface area contributed by atoms with E-state index < -0.39 is 0 Å². The van der Waals surface area contributed by atoms with Crippen molar-refractivity contribution in [3.8, 4) is 66.8 Å². The van der Waals surface area contributed by atoms with Gasteiger partial charge in [0.25, 0.3) is 0 Å². The lowest BCUT2D eigenvalue weighted by atomic mass is 9.82. The molecule has 0 bridgehead atoms. The van der Waals surface area contributed by atoms with Crippen molar-refractivity contribution in [2.75, 3.05) is 9.80 Å². The summed E-state index contributed by atoms with van der Waals surface area (Å²) >= 11 is 0. The van der Waals surface area contributed by atoms with Crippen molar-refractivity contribution >= 4 is 98.8 Å². The molecule has 0 aliphatic carbocycles. The van der Waals surface area contributed by atoms with E-state index in [-0.39, 0.29) is 0 Å². The maximum absolute atomic E-state index is 2.51. The summed E-state index contributed by atoms with van der Waals surface area (Å²) in [5, 5.41) is 14.2. The van der Waals surface area contributed by atoms with Gasteiger partial charge < -0.3 is 9.80 Å². The second kappa shape index (κ2) is 23.1. The summed E-state index contributed by atoms with van der Waals surface area (Å²) in [4.78, 5) is 4.79. The molecule has 0 atom stereocenters. The van der Waals surface area contributed by atoms with Crippen LogP contribution in [-0.4, -0.2) is 0 Å². The van der Waals surface area contributed by atoms with Crippen LogP contribution in [0.5, 0.6) is 0 Å². The summed E-state index contributed by atoms with van der Waals surface area (Å²) in [6.07, 6.45) is 0. The van der Waals surface area contributed by atoms with E-state index in [0.29, 0.717) is 0 Å². The average Bonchev–Trinajstić information content (AvgIpc) is 0.733. The Balaban J connectivity index is 1.01. The first-order valence-electron chi connectivity index (χ1n) is 31.7. The molecule has 2 nitrogen and oxygen atoms in total. The highest BCUT2D eigenvalue weighted by Gasteiger charge is 2.25. The molecule has 17 aromatic rings. The van der Waals surface area contributed by atoms with Crippen LogP contribution in [0.25, 0.3) is 131 Å². The second-order valence-electron chi connectivity index (χ2n) is 24.0. The van der Waals surface area contributed by atoms with E-state index >= 15 is 0 Å². The molecule has 0 spiro atoms. The first kappa shape index (κ1) is 54.1. The molecule has 17 rings (SSSR count). The summed E-state index contributed by atoms with van der Waals surface area (Å²) in [6, 6.07) is 135. The maximum atomic E-state index is 2.51. The minimum Gasteiger partial charge on any atom is -0.310 e. The molecule has 0 aromatic heterocycles. The first-order valence-corrected chi connectivity index (χ1v) is 31.7. The molecule has 0 saturated carbocycles. The predicted molar refractivity (Wildman–Crippen MR) is 393 cm³/mol. The van der Waals surface area contributed by atoms with Crippen molar-refractivity contribution in [1.82, 2.24) is 0 Å². The quantitative estimate of drug-likeness (QED) is 0.113. The second-order valence-corrected chi connectivity index (χ2v) is 24.0. The van der Waals surface area contributed by atoms with Crippen LogP contribution in [0.15, 0.2) is 364 Å². The zero-order valence-corrected chi connectivity index (χ0v) is 50.5. The van der Waals surface area contributed by atoms with Crippen molar-refractivity contribution in [3.63, 3.8) is 0 Å². The van der Waals surface area contributed by atoms with Gasteiger partial charge in [-0.25, -0.2) is 0 Å². The topological polar surface area (TPSA) is 6.48 Å². The molecular weight excluding hydrogens is 1110 g/mol. The van der Waals surface area contributed by atoms with Gasteiger partial charge in [0.05, 0.1) is 0 Å². The lowest BCUT2D eigenvalue weighted by molar-refractivity contribution is 1.29. The van der Waals surface area contributed by atoms with Gasteiger partial charge in [-0.3, -0.25) is 0 Å². The highest BCUT2D eigenvalue weighted by Crippen LogP contribution is 2.51. The molecule has 2 heteroatoms. The van der Waals surface area contributed by atoms with E-state index in [1.165, 1.54) is 76.5 Å². The monoisotopic (exact) mass is 1170 g/mol. The fourth-order valence-electron chi connectivity index (χ4n) is 14.1. The van der Waals surface area contributed by atoms with Crippen molar-refractivity contribution in [2.45, 2.75) is 0 Å². The number of hydrogen-bond acceptors (Lipinski definition) is 2. The van der Waals surface area contributed by atoms with Crippen molar-refractivity contribution in [3.05, 3.63) is 364 Å². The Bertz CT molecular complexity index is 5540. The van der Waals surface area contributed by atoms with E-state index in [1.807, 2.05) is 0 Å². The summed E-state index contributed by atoms with van der Waals surface area (Å²) in [5.41, 5.74) is 20.3. The van der Waals surface area contributed by atoms with Crippen LogP contribution >= 0.6 is 0 Å². The van der Waals surface area contributed by atoms with E-state index in [2.05, 4.69) is 374 Å². The average molecular weight is 1170 g/mol. The minimum atomic E-state index is 1.06. The molecule has 0 amide bonds. The maximum Gasteiger partial charge on any atom is 0.0468 e. The third kappa shape index (κ3) is 9.88. The number of rotatable bonds is 12. The predicted octanol–water partition coefficient (Wildman–Crippen LogP) is 25.5. The van der Waals surface area contributed by atoms with Gasteiger partial charge in [0.1, 0.15) is 0 Å². The van der Waals surface area contributed by atoms with E-state index in [1.54, 1.807) is 0 Å². The first-order chi connectivity index (χ1) is 45.6. The van der Waals surface area contributed by atoms with Gasteiger partial charge in [0, 0.05) is 34.1 Å². The van der Waals surface area contributed by atoms with Crippen LogP contribution in [-0.2, 0) is 0 Å². The number of anilines is 6. The largest absolute Gasteiger partial charge is 0.310 e. The van der Waals surface area contributed by atoms with Crippen LogP contribution in [0.3, 0.4) is 0 Å². The lowest BCUT2D eigenvalue weighted by Gasteiger charge is -2.28. The van der Waals surface area contributed by atoms with Crippen LogP contribution in [0, 0.1) is 0 Å². The third-order valence-corrected chi connectivity index (χ3v) is 18.5. The third-order valence-electron chi connectivity index (χ3n) is 18.5. The molecule has 0 N–H and O–H groups in total. The lowest BCUT2D eigenvalue weighted by Crippen LogP contribution is -2.10. The summed E-state index contributed by atoms with van der Waals surface area (Å²) in [7, 11) is 0. The number of nitrogens with zero attached hydrogens (tertiary/aromatic N) is 2. The molecule has 0 heterocycles. The zero-order valence-electron chi connectivity index (χ0n) is 50.5. The fraction of sp³-hybridized carbons (Fsp3) is 0. The Kier molecular flexibility index (Phi) is 13.6. The van der Waals surface area contributed by atoms with E-state index in [0.717, 1.165) is 89.0 Å². The van der Waals surface area contributed by atoms with Crippen LogP contribution in [0.4, 0.5) is 34.1 Å². The number of benzene rings is 17. The number of hydrogen-bond donors (Lipinski definition) is 0. The van der Waals surface area contributed by atoms with Crippen LogP contribution in [0.1, 0.15) is 0 Å². The fourth-order valence-corrected chi connectivity index (χ4v) is 14.1. The standard InChI is InChI=1S/C90H60N2/c1-6-22-61(23-7-1)73-55-74(89-82(71-44-39-63-25-17-20-28-67(63)53-71)49-46-65-41-43-70(58-85(65)89)69-42-38-62-24-16-19-27-66(62)52-69)57-75(56-73)90-84-51-48-80(91(76-30-8-2-9-31-76)77-32-10-3-11-33-77)59-86(84)88(72-45-40-64-26-18-21-29-68(64)54-72)83-50-47-81(60-87(83)90)92(78-34-12-4-13-35-78)79-36-14-5-15-37-79/h1-60H. The number of para-hydroxylation sites is 4. The van der Waals surface area contributed by atoms with Crippen molar-refractivity contribution in [1.29, 1.82) is 0 Å². The van der Waals surface area contributed by atoms with Gasteiger partial charge in [-0.1, -0.05) is 249 Å². The summed E-state index contributed by atoms with van der Waals surface area (Å²) in [5.74, 6) is 0. The zero-order chi connectivity index (χ0) is 60.9. The van der Waals surface area contributed by atoms with Crippen LogP contribution in [0.2, 0.25) is 0 Å². The van der Waals surface area contributed by atoms with Gasteiger partial charge in [0.2, 0.25) is 0 Å². The highest BCUT2D eigenvalue weighted by atomic mass is 15.1. The molecule has 0 aliphatic rings. The molecule has 430 valence electrons. The molecule has 0 fully saturated rings. The molecule has 17 aromatic carbocycles. The van der Waals surface area contributed by atoms with Gasteiger partial charge in [0.15, 0.2) is 0 Å². The normalized spacial score (nSPS) is 11.5. The summed E-state index contributed by atoms with van der Waals surface area (Å²) in [6.45, 7) is 0. The van der Waals surface area contributed by atoms with Crippen LogP contribution < -0.4 is 9.80 Å².